The van der Waals surface area contributed by atoms with Gasteiger partial charge in [0, 0.05) is 19.5 Å². The van der Waals surface area contributed by atoms with Crippen molar-refractivity contribution >= 4 is 15.9 Å². The van der Waals surface area contributed by atoms with Gasteiger partial charge in [-0.25, -0.2) is 0 Å². The Bertz CT molecular complexity index is 373. The van der Waals surface area contributed by atoms with Crippen LogP contribution in [0.1, 0.15) is 45.0 Å². The number of rotatable bonds is 7. The Hall–Kier alpha value is -0.390. The molecule has 0 bridgehead atoms. The first kappa shape index (κ1) is 15.7. The first-order chi connectivity index (χ1) is 8.49. The lowest BCUT2D eigenvalue weighted by atomic mass is 10.0. The molecule has 1 aromatic heterocycles. The molecule has 3 N–H and O–H groups in total. The van der Waals surface area contributed by atoms with Gasteiger partial charge in [-0.05, 0) is 41.1 Å². The van der Waals surface area contributed by atoms with E-state index in [-0.39, 0.29) is 0 Å². The maximum atomic E-state index is 5.65. The molecular weight excluding hydrogens is 292 g/mol. The number of hydrazine groups is 1. The Kier molecular flexibility index (Phi) is 6.32. The van der Waals surface area contributed by atoms with Gasteiger partial charge in [0.2, 0.25) is 0 Å². The standard InChI is InChI=1S/C13H25BrN4/c1-5-11-13(14)12(18(4)17-11)8-10(16-15)7-6-9(2)3/h9-10,16H,5-8,15H2,1-4H3. The minimum absolute atomic E-state index is 0.309. The van der Waals surface area contributed by atoms with Gasteiger partial charge < -0.3 is 0 Å². The summed E-state index contributed by atoms with van der Waals surface area (Å²) in [6.07, 6.45) is 4.13. The van der Waals surface area contributed by atoms with Crippen LogP contribution in [0.3, 0.4) is 0 Å². The lowest BCUT2D eigenvalue weighted by molar-refractivity contribution is 0.426. The number of nitrogens with one attached hydrogen (secondary N) is 1. The van der Waals surface area contributed by atoms with E-state index in [9.17, 15) is 0 Å². The highest BCUT2D eigenvalue weighted by Gasteiger charge is 2.17. The van der Waals surface area contributed by atoms with Crippen LogP contribution in [0, 0.1) is 5.92 Å². The molecule has 1 unspecified atom stereocenters. The Morgan fingerprint density at radius 3 is 2.50 bits per heavy atom. The van der Waals surface area contributed by atoms with E-state index in [4.69, 9.17) is 5.84 Å². The van der Waals surface area contributed by atoms with E-state index in [0.717, 1.165) is 29.4 Å². The third-order valence-corrected chi connectivity index (χ3v) is 4.19. The zero-order chi connectivity index (χ0) is 13.7. The summed E-state index contributed by atoms with van der Waals surface area (Å²) in [7, 11) is 2.00. The van der Waals surface area contributed by atoms with Gasteiger partial charge in [0.15, 0.2) is 0 Å². The predicted octanol–water partition coefficient (Wildman–Crippen LogP) is 2.56. The molecule has 5 heteroatoms. The summed E-state index contributed by atoms with van der Waals surface area (Å²) < 4.78 is 3.10. The number of hydrogen-bond acceptors (Lipinski definition) is 3. The summed E-state index contributed by atoms with van der Waals surface area (Å²) in [5.41, 5.74) is 5.26. The molecule has 1 rings (SSSR count). The Morgan fingerprint density at radius 1 is 1.39 bits per heavy atom. The molecule has 0 fully saturated rings. The molecule has 1 aromatic rings. The highest BCUT2D eigenvalue weighted by atomic mass is 79.9. The highest BCUT2D eigenvalue weighted by molar-refractivity contribution is 9.10. The van der Waals surface area contributed by atoms with E-state index in [1.54, 1.807) is 0 Å². The average molecular weight is 317 g/mol. The van der Waals surface area contributed by atoms with Crippen molar-refractivity contribution in [2.24, 2.45) is 18.8 Å². The van der Waals surface area contributed by atoms with Gasteiger partial charge in [0.25, 0.3) is 0 Å². The van der Waals surface area contributed by atoms with Crippen molar-refractivity contribution in [1.82, 2.24) is 15.2 Å². The van der Waals surface area contributed by atoms with Crippen molar-refractivity contribution in [2.75, 3.05) is 0 Å². The molecule has 0 saturated heterocycles. The molecule has 0 aliphatic rings. The summed E-state index contributed by atoms with van der Waals surface area (Å²) in [4.78, 5) is 0. The van der Waals surface area contributed by atoms with Crippen LogP contribution in [0.5, 0.6) is 0 Å². The van der Waals surface area contributed by atoms with E-state index in [0.29, 0.717) is 12.0 Å². The molecule has 18 heavy (non-hydrogen) atoms. The highest BCUT2D eigenvalue weighted by Crippen LogP contribution is 2.23. The lowest BCUT2D eigenvalue weighted by Crippen LogP contribution is -2.37. The summed E-state index contributed by atoms with van der Waals surface area (Å²) in [6.45, 7) is 6.60. The third kappa shape index (κ3) is 4.07. The molecule has 0 saturated carbocycles. The van der Waals surface area contributed by atoms with Crippen molar-refractivity contribution in [3.05, 3.63) is 15.9 Å². The van der Waals surface area contributed by atoms with Crippen molar-refractivity contribution < 1.29 is 0 Å². The zero-order valence-electron chi connectivity index (χ0n) is 11.8. The van der Waals surface area contributed by atoms with Crippen LogP contribution < -0.4 is 11.3 Å². The van der Waals surface area contributed by atoms with E-state index in [1.807, 2.05) is 11.7 Å². The van der Waals surface area contributed by atoms with Crippen molar-refractivity contribution in [3.8, 4) is 0 Å². The monoisotopic (exact) mass is 316 g/mol. The topological polar surface area (TPSA) is 55.9 Å². The van der Waals surface area contributed by atoms with Gasteiger partial charge in [-0.15, -0.1) is 0 Å². The molecule has 0 amide bonds. The minimum atomic E-state index is 0.309. The van der Waals surface area contributed by atoms with Crippen LogP contribution in [0.15, 0.2) is 4.47 Å². The quantitative estimate of drug-likeness (QED) is 0.600. The molecule has 0 aliphatic heterocycles. The molecule has 0 aromatic carbocycles. The Balaban J connectivity index is 2.72. The normalized spacial score (nSPS) is 13.3. The fraction of sp³-hybridized carbons (Fsp3) is 0.769. The lowest BCUT2D eigenvalue weighted by Gasteiger charge is -2.17. The second-order valence-electron chi connectivity index (χ2n) is 5.22. The second kappa shape index (κ2) is 7.26. The van der Waals surface area contributed by atoms with E-state index >= 15 is 0 Å². The van der Waals surface area contributed by atoms with E-state index < -0.39 is 0 Å². The smallest absolute Gasteiger partial charge is 0.0766 e. The van der Waals surface area contributed by atoms with Crippen molar-refractivity contribution in [2.45, 2.75) is 52.5 Å². The maximum absolute atomic E-state index is 5.65. The maximum Gasteiger partial charge on any atom is 0.0766 e. The van der Waals surface area contributed by atoms with Gasteiger partial charge in [-0.1, -0.05) is 20.8 Å². The van der Waals surface area contributed by atoms with Crippen LogP contribution in [-0.4, -0.2) is 15.8 Å². The molecule has 0 aliphatic carbocycles. The Morgan fingerprint density at radius 2 is 2.06 bits per heavy atom. The van der Waals surface area contributed by atoms with Gasteiger partial charge >= 0.3 is 0 Å². The molecule has 1 heterocycles. The van der Waals surface area contributed by atoms with Crippen LogP contribution >= 0.6 is 15.9 Å². The molecule has 104 valence electrons. The van der Waals surface area contributed by atoms with Crippen LogP contribution in [-0.2, 0) is 19.9 Å². The fourth-order valence-corrected chi connectivity index (χ4v) is 2.83. The minimum Gasteiger partial charge on any atom is -0.271 e. The summed E-state index contributed by atoms with van der Waals surface area (Å²) in [5.74, 6) is 6.36. The van der Waals surface area contributed by atoms with Crippen LogP contribution in [0.25, 0.3) is 0 Å². The first-order valence-corrected chi connectivity index (χ1v) is 7.45. The number of nitrogens with two attached hydrogens (primary N) is 1. The van der Waals surface area contributed by atoms with Gasteiger partial charge in [-0.3, -0.25) is 16.0 Å². The van der Waals surface area contributed by atoms with Crippen molar-refractivity contribution in [1.29, 1.82) is 0 Å². The first-order valence-electron chi connectivity index (χ1n) is 6.65. The molecule has 1 atom stereocenters. The number of aromatic nitrogens is 2. The summed E-state index contributed by atoms with van der Waals surface area (Å²) >= 11 is 3.65. The average Bonchev–Trinajstić information content (AvgIpc) is 2.60. The van der Waals surface area contributed by atoms with E-state index in [1.165, 1.54) is 12.1 Å². The number of hydrogen-bond donors (Lipinski definition) is 2. The van der Waals surface area contributed by atoms with Gasteiger partial charge in [0.1, 0.15) is 0 Å². The number of nitrogens with zero attached hydrogens (tertiary/aromatic N) is 2. The van der Waals surface area contributed by atoms with Gasteiger partial charge in [0.05, 0.1) is 15.9 Å². The van der Waals surface area contributed by atoms with Gasteiger partial charge in [-0.2, -0.15) is 5.10 Å². The van der Waals surface area contributed by atoms with Crippen LogP contribution in [0.2, 0.25) is 0 Å². The van der Waals surface area contributed by atoms with Crippen LogP contribution in [0.4, 0.5) is 0 Å². The summed E-state index contributed by atoms with van der Waals surface area (Å²) in [6, 6.07) is 0.309. The molecular formula is C13H25BrN4. The zero-order valence-corrected chi connectivity index (χ0v) is 13.4. The Labute approximate surface area is 118 Å². The largest absolute Gasteiger partial charge is 0.271 e. The van der Waals surface area contributed by atoms with Crippen molar-refractivity contribution in [3.63, 3.8) is 0 Å². The number of aryl methyl sites for hydroxylation is 2. The third-order valence-electron chi connectivity index (χ3n) is 3.27. The summed E-state index contributed by atoms with van der Waals surface area (Å²) in [5, 5.41) is 4.51. The second-order valence-corrected chi connectivity index (χ2v) is 6.02. The predicted molar refractivity (Wildman–Crippen MR) is 79.2 cm³/mol. The SMILES string of the molecule is CCc1nn(C)c(CC(CCC(C)C)NN)c1Br. The molecule has 4 nitrogen and oxygen atoms in total. The molecule has 0 spiro atoms. The van der Waals surface area contributed by atoms with E-state index in [2.05, 4.69) is 47.2 Å². The number of halogens is 1. The fourth-order valence-electron chi connectivity index (χ4n) is 2.05. The molecule has 0 radical (unpaired) electrons.